The topological polar surface area (TPSA) is 70.8 Å². The Morgan fingerprint density at radius 1 is 1.56 bits per heavy atom. The molecular weight excluding hydrogens is 262 g/mol. The first kappa shape index (κ1) is 12.8. The molecule has 8 heteroatoms. The van der Waals surface area contributed by atoms with Crippen LogP contribution in [-0.4, -0.2) is 13.4 Å². The average molecular weight is 267 g/mol. The molecule has 0 N–H and O–H groups in total. The lowest BCUT2D eigenvalue weighted by molar-refractivity contribution is 0.146. The fraction of sp³-hybridized carbons (Fsp3) is 0.250. The molecule has 1 rings (SSSR count). The van der Waals surface area contributed by atoms with Gasteiger partial charge in [0.25, 0.3) is 15.5 Å². The van der Waals surface area contributed by atoms with E-state index in [9.17, 15) is 17.2 Å². The van der Waals surface area contributed by atoms with Crippen molar-refractivity contribution in [1.29, 1.82) is 5.26 Å². The summed E-state index contributed by atoms with van der Waals surface area (Å²) in [5, 5.41) is 7.59. The Labute approximate surface area is 94.9 Å². The number of halogens is 3. The Balaban J connectivity index is 3.69. The highest BCUT2D eigenvalue weighted by molar-refractivity contribution is 8.13. The number of nitriles is 1. The maximum atomic E-state index is 12.6. The van der Waals surface area contributed by atoms with E-state index in [1.165, 1.54) is 6.92 Å². The van der Waals surface area contributed by atoms with Gasteiger partial charge < -0.3 is 0 Å². The standard InChI is InChI=1S/C8H5ClF2N2O2S/c1-4-2-5(3-12)13-8(16(9,14)15)6(4)7(10)11/h2,7H,1H3. The molecular formula is C8H5ClF2N2O2S. The first-order valence-electron chi connectivity index (χ1n) is 3.92. The van der Waals surface area contributed by atoms with E-state index >= 15 is 0 Å². The average Bonchev–Trinajstić information content (AvgIpc) is 2.14. The molecule has 0 amide bonds. The minimum absolute atomic E-state index is 0.0409. The van der Waals surface area contributed by atoms with Gasteiger partial charge in [-0.15, -0.1) is 0 Å². The highest BCUT2D eigenvalue weighted by Crippen LogP contribution is 2.30. The fourth-order valence-electron chi connectivity index (χ4n) is 1.16. The van der Waals surface area contributed by atoms with Crippen LogP contribution in [0.5, 0.6) is 0 Å². The number of pyridine rings is 1. The second-order valence-corrected chi connectivity index (χ2v) is 5.37. The van der Waals surface area contributed by atoms with Gasteiger partial charge in [-0.2, -0.15) is 5.26 Å². The van der Waals surface area contributed by atoms with Gasteiger partial charge in [0.05, 0.1) is 5.56 Å². The smallest absolute Gasteiger partial charge is 0.224 e. The molecule has 0 aliphatic carbocycles. The quantitative estimate of drug-likeness (QED) is 0.769. The van der Waals surface area contributed by atoms with Gasteiger partial charge in [-0.3, -0.25) is 0 Å². The minimum atomic E-state index is -4.40. The van der Waals surface area contributed by atoms with Gasteiger partial charge in [-0.25, -0.2) is 22.2 Å². The molecule has 0 saturated carbocycles. The normalized spacial score (nSPS) is 11.5. The number of alkyl halides is 2. The summed E-state index contributed by atoms with van der Waals surface area (Å²) in [6.45, 7) is 1.26. The van der Waals surface area contributed by atoms with Crippen LogP contribution in [0.4, 0.5) is 8.78 Å². The van der Waals surface area contributed by atoms with Crippen molar-refractivity contribution >= 4 is 19.7 Å². The van der Waals surface area contributed by atoms with Crippen LogP contribution < -0.4 is 0 Å². The summed E-state index contributed by atoms with van der Waals surface area (Å²) in [5.41, 5.74) is -1.09. The first-order chi connectivity index (χ1) is 7.27. The van der Waals surface area contributed by atoms with Crippen LogP contribution in [0, 0.1) is 18.3 Å². The molecule has 0 atom stereocenters. The largest absolute Gasteiger partial charge is 0.279 e. The zero-order valence-corrected chi connectivity index (χ0v) is 9.48. The second kappa shape index (κ2) is 4.31. The molecule has 0 spiro atoms. The molecule has 1 aromatic rings. The summed E-state index contributed by atoms with van der Waals surface area (Å²) < 4.78 is 47.3. The van der Waals surface area contributed by atoms with E-state index < -0.39 is 26.1 Å². The van der Waals surface area contributed by atoms with E-state index in [0.717, 1.165) is 6.07 Å². The Hall–Kier alpha value is -1.26. The molecule has 1 heterocycles. The van der Waals surface area contributed by atoms with Crippen molar-refractivity contribution in [3.63, 3.8) is 0 Å². The summed E-state index contributed by atoms with van der Waals surface area (Å²) in [4.78, 5) is 3.28. The molecule has 0 fully saturated rings. The van der Waals surface area contributed by atoms with Gasteiger partial charge in [0, 0.05) is 10.7 Å². The van der Waals surface area contributed by atoms with Crippen molar-refractivity contribution < 1.29 is 17.2 Å². The zero-order chi connectivity index (χ0) is 12.5. The Bertz CT molecular complexity index is 566. The van der Waals surface area contributed by atoms with Crippen LogP contribution in [0.25, 0.3) is 0 Å². The molecule has 16 heavy (non-hydrogen) atoms. The van der Waals surface area contributed by atoms with Crippen LogP contribution in [0.15, 0.2) is 11.1 Å². The lowest BCUT2D eigenvalue weighted by Gasteiger charge is -2.08. The van der Waals surface area contributed by atoms with Gasteiger partial charge in [0.2, 0.25) is 0 Å². The van der Waals surface area contributed by atoms with Gasteiger partial charge >= 0.3 is 0 Å². The van der Waals surface area contributed by atoms with E-state index in [1.807, 2.05) is 0 Å². The van der Waals surface area contributed by atoms with Crippen molar-refractivity contribution in [2.24, 2.45) is 0 Å². The van der Waals surface area contributed by atoms with Gasteiger partial charge in [0.15, 0.2) is 5.03 Å². The predicted octanol–water partition coefficient (Wildman–Crippen LogP) is 2.13. The number of hydrogen-bond donors (Lipinski definition) is 0. The maximum absolute atomic E-state index is 12.6. The summed E-state index contributed by atoms with van der Waals surface area (Å²) in [6.07, 6.45) is -3.02. The molecule has 1 aromatic heterocycles. The third kappa shape index (κ3) is 2.46. The van der Waals surface area contributed by atoms with E-state index in [0.29, 0.717) is 0 Å². The van der Waals surface area contributed by atoms with Crippen LogP contribution in [-0.2, 0) is 9.05 Å². The summed E-state index contributed by atoms with van der Waals surface area (Å²) >= 11 is 0. The van der Waals surface area contributed by atoms with Gasteiger partial charge in [0.1, 0.15) is 11.8 Å². The number of nitrogens with zero attached hydrogens (tertiary/aromatic N) is 2. The van der Waals surface area contributed by atoms with Crippen LogP contribution in [0.2, 0.25) is 0 Å². The van der Waals surface area contributed by atoms with E-state index in [1.54, 1.807) is 6.07 Å². The van der Waals surface area contributed by atoms with E-state index in [2.05, 4.69) is 4.98 Å². The monoisotopic (exact) mass is 266 g/mol. The highest BCUT2D eigenvalue weighted by atomic mass is 35.7. The second-order valence-electron chi connectivity index (χ2n) is 2.89. The first-order valence-corrected chi connectivity index (χ1v) is 6.22. The minimum Gasteiger partial charge on any atom is -0.224 e. The van der Waals surface area contributed by atoms with Crippen molar-refractivity contribution in [2.75, 3.05) is 0 Å². The zero-order valence-electron chi connectivity index (χ0n) is 7.91. The fourth-order valence-corrected chi connectivity index (χ4v) is 2.23. The molecule has 4 nitrogen and oxygen atoms in total. The van der Waals surface area contributed by atoms with Gasteiger partial charge in [-0.1, -0.05) is 0 Å². The van der Waals surface area contributed by atoms with Crippen LogP contribution in [0.1, 0.15) is 23.2 Å². The van der Waals surface area contributed by atoms with Gasteiger partial charge in [-0.05, 0) is 18.6 Å². The predicted molar refractivity (Wildman–Crippen MR) is 51.7 cm³/mol. The third-order valence-corrected chi connectivity index (χ3v) is 3.01. The molecule has 0 aromatic carbocycles. The molecule has 0 bridgehead atoms. The number of aryl methyl sites for hydroxylation is 1. The SMILES string of the molecule is Cc1cc(C#N)nc(S(=O)(=O)Cl)c1C(F)F. The molecule has 0 saturated heterocycles. The van der Waals surface area contributed by atoms with E-state index in [4.69, 9.17) is 15.9 Å². The van der Waals surface area contributed by atoms with Crippen molar-refractivity contribution in [3.05, 3.63) is 22.9 Å². The lowest BCUT2D eigenvalue weighted by Crippen LogP contribution is -2.06. The van der Waals surface area contributed by atoms with Crippen LogP contribution >= 0.6 is 10.7 Å². The summed E-state index contributed by atoms with van der Waals surface area (Å²) in [6, 6.07) is 2.64. The van der Waals surface area contributed by atoms with Crippen molar-refractivity contribution in [3.8, 4) is 6.07 Å². The molecule has 0 unspecified atom stereocenters. The number of rotatable bonds is 2. The van der Waals surface area contributed by atoms with Crippen molar-refractivity contribution in [2.45, 2.75) is 18.4 Å². The lowest BCUT2D eigenvalue weighted by atomic mass is 10.1. The molecule has 86 valence electrons. The Morgan fingerprint density at radius 2 is 2.12 bits per heavy atom. The number of aromatic nitrogens is 1. The summed E-state index contributed by atoms with van der Waals surface area (Å²) in [7, 11) is 0.572. The molecule has 0 aliphatic rings. The summed E-state index contributed by atoms with van der Waals surface area (Å²) in [5.74, 6) is 0. The van der Waals surface area contributed by atoms with E-state index in [-0.39, 0.29) is 11.3 Å². The Morgan fingerprint density at radius 3 is 2.50 bits per heavy atom. The third-order valence-electron chi connectivity index (χ3n) is 1.79. The number of hydrogen-bond acceptors (Lipinski definition) is 4. The highest BCUT2D eigenvalue weighted by Gasteiger charge is 2.26. The molecule has 0 radical (unpaired) electrons. The Kier molecular flexibility index (Phi) is 3.45. The molecule has 0 aliphatic heterocycles. The maximum Gasteiger partial charge on any atom is 0.279 e. The van der Waals surface area contributed by atoms with Crippen LogP contribution in [0.3, 0.4) is 0 Å². The van der Waals surface area contributed by atoms with Crippen molar-refractivity contribution in [1.82, 2.24) is 4.98 Å².